The number of carboxylic acids is 1. The molecule has 1 aliphatic heterocycles. The van der Waals surface area contributed by atoms with E-state index in [-0.39, 0.29) is 18.1 Å². The van der Waals surface area contributed by atoms with Gasteiger partial charge in [0.2, 0.25) is 0 Å². The first-order chi connectivity index (χ1) is 17.2. The van der Waals surface area contributed by atoms with E-state index in [9.17, 15) is 14.7 Å². The molecule has 1 aliphatic rings. The lowest BCUT2D eigenvalue weighted by atomic mass is 10.1. The molecule has 0 fully saturated rings. The van der Waals surface area contributed by atoms with Gasteiger partial charge in [-0.1, -0.05) is 6.07 Å². The zero-order valence-corrected chi connectivity index (χ0v) is 22.9. The number of urea groups is 1. The smallest absolute Gasteiger partial charge is 0.326 e. The minimum Gasteiger partial charge on any atom is -0.480 e. The van der Waals surface area contributed by atoms with Gasteiger partial charge in [0.25, 0.3) is 0 Å². The number of carboxylic acid groups (broad SMARTS) is 1. The number of rotatable bonds is 16. The third-order valence-corrected chi connectivity index (χ3v) is 6.54. The van der Waals surface area contributed by atoms with Crippen molar-refractivity contribution >= 4 is 17.8 Å². The van der Waals surface area contributed by atoms with E-state index in [1.54, 1.807) is 4.90 Å². The Hall–Kier alpha value is -2.39. The van der Waals surface area contributed by atoms with E-state index in [1.165, 1.54) is 5.56 Å². The van der Waals surface area contributed by atoms with Crippen molar-refractivity contribution in [1.29, 1.82) is 0 Å². The second kappa shape index (κ2) is 15.7. The van der Waals surface area contributed by atoms with Gasteiger partial charge in [-0.25, -0.2) is 14.6 Å². The lowest BCUT2D eigenvalue weighted by Crippen LogP contribution is -2.53. The van der Waals surface area contributed by atoms with E-state index in [2.05, 4.69) is 27.7 Å². The highest BCUT2D eigenvalue weighted by Gasteiger charge is 2.26. The summed E-state index contributed by atoms with van der Waals surface area (Å²) in [6.45, 7) is 14.1. The predicted molar refractivity (Wildman–Crippen MR) is 144 cm³/mol. The summed E-state index contributed by atoms with van der Waals surface area (Å²) in [6.07, 6.45) is 5.50. The quantitative estimate of drug-likeness (QED) is 0.294. The SMILES string of the molecule is CCOCCN(CCCCc1ccc2c(n1)NCCC2)CC[C@H](NC(=O)N(C(C)C)C(C)C)C(=O)O. The molecule has 0 bridgehead atoms. The third kappa shape index (κ3) is 9.93. The first-order valence-corrected chi connectivity index (χ1v) is 13.6. The number of ether oxygens (including phenoxy) is 1. The van der Waals surface area contributed by atoms with Gasteiger partial charge in [-0.15, -0.1) is 0 Å². The molecule has 0 aliphatic carbocycles. The monoisotopic (exact) mass is 505 g/mol. The van der Waals surface area contributed by atoms with Crippen LogP contribution in [0.2, 0.25) is 0 Å². The number of aromatic nitrogens is 1. The van der Waals surface area contributed by atoms with Gasteiger partial charge in [-0.05, 0) is 91.3 Å². The van der Waals surface area contributed by atoms with Crippen molar-refractivity contribution in [2.75, 3.05) is 44.7 Å². The Morgan fingerprint density at radius 2 is 1.89 bits per heavy atom. The highest BCUT2D eigenvalue weighted by atomic mass is 16.5. The van der Waals surface area contributed by atoms with Crippen molar-refractivity contribution in [3.63, 3.8) is 0 Å². The van der Waals surface area contributed by atoms with Crippen LogP contribution in [-0.4, -0.2) is 89.4 Å². The summed E-state index contributed by atoms with van der Waals surface area (Å²) in [6, 6.07) is 3.04. The number of carbonyl (C=O) groups is 2. The third-order valence-electron chi connectivity index (χ3n) is 6.54. The van der Waals surface area contributed by atoms with Crippen LogP contribution in [0.25, 0.3) is 0 Å². The number of unbranched alkanes of at least 4 members (excludes halogenated alkanes) is 1. The molecular formula is C27H47N5O4. The number of anilines is 1. The van der Waals surface area contributed by atoms with Gasteiger partial charge in [0, 0.05) is 44.0 Å². The Labute approximate surface area is 217 Å². The van der Waals surface area contributed by atoms with E-state index in [1.807, 2.05) is 34.6 Å². The number of amides is 2. The molecule has 1 aromatic rings. The number of nitrogens with one attached hydrogen (secondary N) is 2. The summed E-state index contributed by atoms with van der Waals surface area (Å²) in [5, 5.41) is 15.9. The van der Waals surface area contributed by atoms with E-state index >= 15 is 0 Å². The lowest BCUT2D eigenvalue weighted by Gasteiger charge is -2.32. The Kier molecular flexibility index (Phi) is 13.0. The molecule has 0 saturated carbocycles. The Morgan fingerprint density at radius 1 is 1.14 bits per heavy atom. The fourth-order valence-electron chi connectivity index (χ4n) is 4.68. The van der Waals surface area contributed by atoms with Gasteiger partial charge in [0.1, 0.15) is 11.9 Å². The maximum Gasteiger partial charge on any atom is 0.326 e. The first-order valence-electron chi connectivity index (χ1n) is 13.6. The van der Waals surface area contributed by atoms with Gasteiger partial charge in [-0.3, -0.25) is 0 Å². The average Bonchev–Trinajstić information content (AvgIpc) is 2.83. The molecule has 3 N–H and O–H groups in total. The predicted octanol–water partition coefficient (Wildman–Crippen LogP) is 3.77. The highest BCUT2D eigenvalue weighted by molar-refractivity contribution is 5.82. The van der Waals surface area contributed by atoms with Crippen LogP contribution in [-0.2, 0) is 22.4 Å². The van der Waals surface area contributed by atoms with Crippen LogP contribution in [0.5, 0.6) is 0 Å². The minimum absolute atomic E-state index is 0.0116. The normalized spacial score (nSPS) is 14.0. The molecule has 1 aromatic heterocycles. The van der Waals surface area contributed by atoms with Crippen LogP contribution in [0, 0.1) is 0 Å². The number of hydrogen-bond acceptors (Lipinski definition) is 6. The molecule has 9 nitrogen and oxygen atoms in total. The van der Waals surface area contributed by atoms with Crippen molar-refractivity contribution in [3.8, 4) is 0 Å². The number of aliphatic carboxylic acids is 1. The average molecular weight is 506 g/mol. The topological polar surface area (TPSA) is 107 Å². The second-order valence-corrected chi connectivity index (χ2v) is 10.1. The van der Waals surface area contributed by atoms with Crippen molar-refractivity contribution < 1.29 is 19.4 Å². The molecule has 2 rings (SSSR count). The summed E-state index contributed by atoms with van der Waals surface area (Å²) in [7, 11) is 0. The standard InChI is InChI=1S/C27H47N5O4/c1-6-36-19-18-31(16-8-7-11-23-13-12-22-10-9-15-28-25(22)29-23)17-14-24(26(33)34)30-27(35)32(20(2)3)21(4)5/h12-13,20-21,24H,6-11,14-19H2,1-5H3,(H,28,29)(H,30,35)(H,33,34)/t24-/m0/s1. The van der Waals surface area contributed by atoms with Crippen LogP contribution in [0.15, 0.2) is 12.1 Å². The number of pyridine rings is 1. The summed E-state index contributed by atoms with van der Waals surface area (Å²) in [4.78, 5) is 33.3. The van der Waals surface area contributed by atoms with Crippen molar-refractivity contribution in [2.45, 2.75) is 91.3 Å². The zero-order valence-electron chi connectivity index (χ0n) is 22.9. The van der Waals surface area contributed by atoms with E-state index in [4.69, 9.17) is 9.72 Å². The van der Waals surface area contributed by atoms with E-state index in [0.717, 1.165) is 63.3 Å². The van der Waals surface area contributed by atoms with Gasteiger partial charge in [0.05, 0.1) is 6.61 Å². The maximum atomic E-state index is 12.7. The largest absolute Gasteiger partial charge is 0.480 e. The van der Waals surface area contributed by atoms with Crippen LogP contribution < -0.4 is 10.6 Å². The molecule has 0 aromatic carbocycles. The summed E-state index contributed by atoms with van der Waals surface area (Å²) in [5.74, 6) is 0.0278. The molecule has 0 unspecified atom stereocenters. The Bertz CT molecular complexity index is 809. The van der Waals surface area contributed by atoms with Crippen LogP contribution in [0.3, 0.4) is 0 Å². The second-order valence-electron chi connectivity index (χ2n) is 10.1. The van der Waals surface area contributed by atoms with Crippen LogP contribution in [0.1, 0.15) is 71.6 Å². The molecule has 0 spiro atoms. The number of fused-ring (bicyclic) bond motifs is 1. The fraction of sp³-hybridized carbons (Fsp3) is 0.741. The number of carbonyl (C=O) groups excluding carboxylic acids is 1. The summed E-state index contributed by atoms with van der Waals surface area (Å²) >= 11 is 0. The molecule has 1 atom stereocenters. The summed E-state index contributed by atoms with van der Waals surface area (Å²) in [5.41, 5.74) is 2.41. The molecule has 9 heteroatoms. The Balaban J connectivity index is 1.87. The Morgan fingerprint density at radius 3 is 2.56 bits per heavy atom. The van der Waals surface area contributed by atoms with Crippen molar-refractivity contribution in [3.05, 3.63) is 23.4 Å². The number of nitrogens with zero attached hydrogens (tertiary/aromatic N) is 3. The van der Waals surface area contributed by atoms with E-state index < -0.39 is 12.0 Å². The van der Waals surface area contributed by atoms with Crippen LogP contribution >= 0.6 is 0 Å². The van der Waals surface area contributed by atoms with Crippen molar-refractivity contribution in [2.24, 2.45) is 0 Å². The van der Waals surface area contributed by atoms with Gasteiger partial charge < -0.3 is 30.3 Å². The molecular weight excluding hydrogens is 458 g/mol. The minimum atomic E-state index is -1.01. The molecule has 204 valence electrons. The lowest BCUT2D eigenvalue weighted by molar-refractivity contribution is -0.139. The van der Waals surface area contributed by atoms with E-state index in [0.29, 0.717) is 26.2 Å². The zero-order chi connectivity index (χ0) is 26.5. The number of hydrogen-bond donors (Lipinski definition) is 3. The van der Waals surface area contributed by atoms with Gasteiger partial charge >= 0.3 is 12.0 Å². The highest BCUT2D eigenvalue weighted by Crippen LogP contribution is 2.20. The first kappa shape index (κ1) is 29.8. The summed E-state index contributed by atoms with van der Waals surface area (Å²) < 4.78 is 5.54. The van der Waals surface area contributed by atoms with Gasteiger partial charge in [-0.2, -0.15) is 0 Å². The number of aryl methyl sites for hydroxylation is 2. The van der Waals surface area contributed by atoms with Crippen molar-refractivity contribution in [1.82, 2.24) is 20.1 Å². The van der Waals surface area contributed by atoms with Crippen LogP contribution in [0.4, 0.5) is 10.6 Å². The molecule has 2 amide bonds. The molecule has 0 saturated heterocycles. The molecule has 36 heavy (non-hydrogen) atoms. The molecule has 0 radical (unpaired) electrons. The van der Waals surface area contributed by atoms with Gasteiger partial charge in [0.15, 0.2) is 0 Å². The maximum absolute atomic E-state index is 12.7. The molecule has 2 heterocycles. The fourth-order valence-corrected chi connectivity index (χ4v) is 4.68.